The highest BCUT2D eigenvalue weighted by Gasteiger charge is 2.13. The van der Waals surface area contributed by atoms with Gasteiger partial charge >= 0.3 is 0 Å². The number of hydrogen-bond donors (Lipinski definition) is 0. The first kappa shape index (κ1) is 19.6. The van der Waals surface area contributed by atoms with E-state index in [1.165, 1.54) is 43.4 Å². The van der Waals surface area contributed by atoms with Crippen molar-refractivity contribution in [2.75, 3.05) is 0 Å². The average molecular weight is 588 g/mol. The van der Waals surface area contributed by atoms with Crippen LogP contribution in [0.1, 0.15) is 16.7 Å². The van der Waals surface area contributed by atoms with E-state index in [1.54, 1.807) is 0 Å². The topological polar surface area (TPSA) is 0 Å². The van der Waals surface area contributed by atoms with E-state index >= 15 is 0 Å². The zero-order chi connectivity index (χ0) is 18.0. The van der Waals surface area contributed by atoms with E-state index in [0.29, 0.717) is 0 Å². The highest BCUT2D eigenvalue weighted by atomic mass is 127. The fourth-order valence-electron chi connectivity index (χ4n) is 2.71. The maximum atomic E-state index is 2.35. The zero-order valence-electron chi connectivity index (χ0n) is 14.3. The summed E-state index contributed by atoms with van der Waals surface area (Å²) in [5.41, 5.74) is 4.08. The van der Waals surface area contributed by atoms with Gasteiger partial charge in [0.15, 0.2) is 0 Å². The van der Waals surface area contributed by atoms with Gasteiger partial charge < -0.3 is 0 Å². The summed E-state index contributed by atoms with van der Waals surface area (Å²) in [7, 11) is 0. The summed E-state index contributed by atoms with van der Waals surface area (Å²) in [6, 6.07) is 19.8. The summed E-state index contributed by atoms with van der Waals surface area (Å²) in [6.45, 7) is 6.69. The molecule has 3 aromatic rings. The van der Waals surface area contributed by atoms with Gasteiger partial charge in [-0.25, -0.2) is 0 Å². The Kier molecular flexibility index (Phi) is 6.79. The molecule has 0 fully saturated rings. The van der Waals surface area contributed by atoms with E-state index in [2.05, 4.69) is 121 Å². The lowest BCUT2D eigenvalue weighted by Gasteiger charge is -2.17. The van der Waals surface area contributed by atoms with Crippen molar-refractivity contribution in [3.63, 3.8) is 0 Å². The molecule has 0 N–H and O–H groups in total. The molecule has 0 heterocycles. The second kappa shape index (κ2) is 8.67. The van der Waals surface area contributed by atoms with E-state index in [9.17, 15) is 0 Å². The smallest absolute Gasteiger partial charge is 0.0192 e. The van der Waals surface area contributed by atoms with Gasteiger partial charge in [-0.2, -0.15) is 0 Å². The van der Waals surface area contributed by atoms with Gasteiger partial charge in [0.2, 0.25) is 0 Å². The fourth-order valence-corrected chi connectivity index (χ4v) is 5.46. The lowest BCUT2D eigenvalue weighted by atomic mass is 10.1. The molecule has 0 atom stereocenters. The van der Waals surface area contributed by atoms with Gasteiger partial charge in [-0.05, 0) is 131 Å². The zero-order valence-corrected chi connectivity index (χ0v) is 20.2. The average Bonchev–Trinajstić information content (AvgIpc) is 2.59. The number of hydrogen-bond acceptors (Lipinski definition) is 2. The monoisotopic (exact) mass is 588 g/mol. The van der Waals surface area contributed by atoms with Crippen LogP contribution < -0.4 is 0 Å². The Balaban J connectivity index is 1.96. The molecular weight excluding hydrogens is 570 g/mol. The van der Waals surface area contributed by atoms with Crippen molar-refractivity contribution in [1.82, 2.24) is 0 Å². The minimum absolute atomic E-state index is 1.27. The molecule has 25 heavy (non-hydrogen) atoms. The molecule has 0 radical (unpaired) electrons. The van der Waals surface area contributed by atoms with Crippen LogP contribution in [-0.2, 0) is 0 Å². The van der Waals surface area contributed by atoms with Gasteiger partial charge in [0.05, 0.1) is 0 Å². The van der Waals surface area contributed by atoms with Crippen molar-refractivity contribution < 1.29 is 0 Å². The Morgan fingerprint density at radius 3 is 1.32 bits per heavy atom. The Morgan fingerprint density at radius 1 is 0.600 bits per heavy atom. The van der Waals surface area contributed by atoms with Gasteiger partial charge in [0.1, 0.15) is 0 Å². The van der Waals surface area contributed by atoms with E-state index in [1.807, 2.05) is 23.5 Å². The summed E-state index contributed by atoms with van der Waals surface area (Å²) < 4.78 is 2.54. The van der Waals surface area contributed by atoms with Crippen LogP contribution in [0.5, 0.6) is 0 Å². The summed E-state index contributed by atoms with van der Waals surface area (Å²) in [4.78, 5) is 5.33. The minimum atomic E-state index is 1.27. The van der Waals surface area contributed by atoms with Crippen LogP contribution in [0.15, 0.2) is 74.2 Å². The summed E-state index contributed by atoms with van der Waals surface area (Å²) >= 11 is 8.44. The van der Waals surface area contributed by atoms with Crippen LogP contribution in [-0.4, -0.2) is 0 Å². The maximum absolute atomic E-state index is 2.35. The SMILES string of the molecule is Cc1cc(C)c(Sc2ccc(I)cc2)c(C)c1Sc1ccc(I)cc1. The van der Waals surface area contributed by atoms with Gasteiger partial charge in [-0.15, -0.1) is 0 Å². The van der Waals surface area contributed by atoms with Crippen molar-refractivity contribution in [2.45, 2.75) is 40.4 Å². The van der Waals surface area contributed by atoms with Crippen molar-refractivity contribution in [2.24, 2.45) is 0 Å². The van der Waals surface area contributed by atoms with Crippen LogP contribution in [0.2, 0.25) is 0 Å². The summed E-state index contributed by atoms with van der Waals surface area (Å²) in [6.07, 6.45) is 0. The highest BCUT2D eigenvalue weighted by molar-refractivity contribution is 14.1. The van der Waals surface area contributed by atoms with Crippen LogP contribution in [0.3, 0.4) is 0 Å². The van der Waals surface area contributed by atoms with E-state index in [4.69, 9.17) is 0 Å². The molecule has 0 nitrogen and oxygen atoms in total. The number of benzene rings is 3. The van der Waals surface area contributed by atoms with Gasteiger partial charge in [-0.3, -0.25) is 0 Å². The van der Waals surface area contributed by atoms with E-state index in [-0.39, 0.29) is 0 Å². The molecule has 0 aliphatic heterocycles. The molecular formula is C21H18I2S2. The predicted octanol–water partition coefficient (Wildman–Crippen LogP) is 8.12. The standard InChI is InChI=1S/C21H18I2S2/c1-13-12-14(2)21(25-19-10-6-17(23)7-11-19)15(3)20(13)24-18-8-4-16(22)5-9-18/h4-12H,1-3H3. The molecule has 0 aromatic heterocycles. The van der Waals surface area contributed by atoms with Crippen molar-refractivity contribution in [1.29, 1.82) is 0 Å². The van der Waals surface area contributed by atoms with Crippen molar-refractivity contribution in [3.8, 4) is 0 Å². The van der Waals surface area contributed by atoms with Crippen LogP contribution in [0.4, 0.5) is 0 Å². The lowest BCUT2D eigenvalue weighted by molar-refractivity contribution is 1.09. The highest BCUT2D eigenvalue weighted by Crippen LogP contribution is 2.41. The fraction of sp³-hybridized carbons (Fsp3) is 0.143. The third kappa shape index (κ3) is 4.96. The van der Waals surface area contributed by atoms with Crippen molar-refractivity contribution in [3.05, 3.63) is 78.4 Å². The number of aryl methyl sites for hydroxylation is 2. The van der Waals surface area contributed by atoms with Gasteiger partial charge in [0, 0.05) is 26.7 Å². The molecule has 0 saturated carbocycles. The first-order chi connectivity index (χ1) is 11.9. The normalized spacial score (nSPS) is 10.9. The Labute approximate surface area is 185 Å². The van der Waals surface area contributed by atoms with Gasteiger partial charge in [0.25, 0.3) is 0 Å². The molecule has 0 bridgehead atoms. The van der Waals surface area contributed by atoms with Crippen LogP contribution in [0, 0.1) is 27.9 Å². The maximum Gasteiger partial charge on any atom is 0.0192 e. The molecule has 3 aromatic carbocycles. The molecule has 128 valence electrons. The second-order valence-electron chi connectivity index (χ2n) is 5.91. The quantitative estimate of drug-likeness (QED) is 0.283. The predicted molar refractivity (Wildman–Crippen MR) is 127 cm³/mol. The van der Waals surface area contributed by atoms with Crippen LogP contribution in [0.25, 0.3) is 0 Å². The number of rotatable bonds is 4. The van der Waals surface area contributed by atoms with Crippen LogP contribution >= 0.6 is 68.7 Å². The van der Waals surface area contributed by atoms with Gasteiger partial charge in [-0.1, -0.05) is 29.6 Å². The molecule has 4 heteroatoms. The Morgan fingerprint density at radius 2 is 0.960 bits per heavy atom. The first-order valence-electron chi connectivity index (χ1n) is 7.91. The summed E-state index contributed by atoms with van der Waals surface area (Å²) in [5, 5.41) is 0. The Bertz CT molecular complexity index is 814. The first-order valence-corrected chi connectivity index (χ1v) is 11.7. The molecule has 0 aliphatic rings. The molecule has 0 amide bonds. The molecule has 0 spiro atoms. The summed E-state index contributed by atoms with van der Waals surface area (Å²) in [5.74, 6) is 0. The molecule has 3 rings (SSSR count). The Hall–Kier alpha value is -0.180. The third-order valence-electron chi connectivity index (χ3n) is 3.90. The van der Waals surface area contributed by atoms with E-state index < -0.39 is 0 Å². The molecule has 0 unspecified atom stereocenters. The third-order valence-corrected chi connectivity index (χ3v) is 8.02. The lowest BCUT2D eigenvalue weighted by Crippen LogP contribution is -1.93. The number of halogens is 2. The minimum Gasteiger partial charge on any atom is -0.0895 e. The second-order valence-corrected chi connectivity index (χ2v) is 10.6. The largest absolute Gasteiger partial charge is 0.0895 e. The molecule has 0 aliphatic carbocycles. The van der Waals surface area contributed by atoms with Crippen molar-refractivity contribution >= 4 is 68.7 Å². The van der Waals surface area contributed by atoms with E-state index in [0.717, 1.165) is 0 Å². The molecule has 0 saturated heterocycles.